The lowest BCUT2D eigenvalue weighted by Gasteiger charge is -2.26. The molecule has 41 heavy (non-hydrogen) atoms. The normalized spacial score (nSPS) is 16.4. The minimum atomic E-state index is -0.963. The van der Waals surface area contributed by atoms with Crippen LogP contribution in [0.25, 0.3) is 11.3 Å². The number of pyridine rings is 1. The topological polar surface area (TPSA) is 87.8 Å². The molecule has 2 aromatic heterocycles. The maximum Gasteiger partial charge on any atom is 0.335 e. The summed E-state index contributed by atoms with van der Waals surface area (Å²) < 4.78 is 12.6. The van der Waals surface area contributed by atoms with Gasteiger partial charge in [0.1, 0.15) is 29.1 Å². The number of nitrogens with one attached hydrogen (secondary N) is 1. The summed E-state index contributed by atoms with van der Waals surface area (Å²) in [5.74, 6) is 1.91. The highest BCUT2D eigenvalue weighted by molar-refractivity contribution is 7.80. The number of anilines is 1. The van der Waals surface area contributed by atoms with Crippen LogP contribution in [0.3, 0.4) is 0 Å². The summed E-state index contributed by atoms with van der Waals surface area (Å²) in [6.45, 7) is 3.89. The van der Waals surface area contributed by atoms with Gasteiger partial charge >= 0.3 is 5.97 Å². The molecule has 0 spiro atoms. The third kappa shape index (κ3) is 5.17. The van der Waals surface area contributed by atoms with Crippen LogP contribution < -0.4 is 15.0 Å². The van der Waals surface area contributed by atoms with Crippen molar-refractivity contribution in [2.45, 2.75) is 25.9 Å². The molecule has 5 aromatic rings. The Morgan fingerprint density at radius 3 is 2.44 bits per heavy atom. The first kappa shape index (κ1) is 26.3. The standard InChI is InChI=1S/C33H27N3O4S/c1-20-7-3-4-9-27(20)39-24-13-11-23(12-14-24)36-31(30(35-33(36)41)26-8-5-6-18-34-26)29-17-16-28(40-29)25-15-10-22(32(37)38)19-21(25)2/h3-19,30-31H,1-2H3,(H,35,41)(H,37,38)/t30-,31-/m0/s1. The van der Waals surface area contributed by atoms with E-state index in [0.717, 1.165) is 39.6 Å². The number of aromatic carboxylic acids is 1. The van der Waals surface area contributed by atoms with Gasteiger partial charge in [0.15, 0.2) is 5.11 Å². The Bertz CT molecular complexity index is 1730. The lowest BCUT2D eigenvalue weighted by Crippen LogP contribution is -2.29. The minimum Gasteiger partial charge on any atom is -0.478 e. The Labute approximate surface area is 243 Å². The van der Waals surface area contributed by atoms with Gasteiger partial charge in [-0.1, -0.05) is 30.3 Å². The maximum absolute atomic E-state index is 11.4. The highest BCUT2D eigenvalue weighted by atomic mass is 32.1. The van der Waals surface area contributed by atoms with Gasteiger partial charge in [0.25, 0.3) is 0 Å². The average Bonchev–Trinajstić information content (AvgIpc) is 3.59. The van der Waals surface area contributed by atoms with E-state index in [-0.39, 0.29) is 17.6 Å². The molecule has 2 atom stereocenters. The van der Waals surface area contributed by atoms with E-state index in [1.54, 1.807) is 24.4 Å². The number of hydrogen-bond donors (Lipinski definition) is 2. The quantitative estimate of drug-likeness (QED) is 0.196. The van der Waals surface area contributed by atoms with Gasteiger partial charge in [-0.15, -0.1) is 0 Å². The predicted molar refractivity (Wildman–Crippen MR) is 161 cm³/mol. The number of aromatic nitrogens is 1. The largest absolute Gasteiger partial charge is 0.478 e. The monoisotopic (exact) mass is 561 g/mol. The Morgan fingerprint density at radius 1 is 0.951 bits per heavy atom. The van der Waals surface area contributed by atoms with Crippen molar-refractivity contribution in [1.29, 1.82) is 0 Å². The molecular weight excluding hydrogens is 534 g/mol. The zero-order valence-electron chi connectivity index (χ0n) is 22.4. The Morgan fingerprint density at radius 2 is 1.73 bits per heavy atom. The number of benzene rings is 3. The summed E-state index contributed by atoms with van der Waals surface area (Å²) in [6.07, 6.45) is 1.76. The van der Waals surface area contributed by atoms with Gasteiger partial charge in [0, 0.05) is 17.4 Å². The van der Waals surface area contributed by atoms with Crippen LogP contribution in [-0.4, -0.2) is 21.2 Å². The maximum atomic E-state index is 11.4. The first-order chi connectivity index (χ1) is 19.9. The van der Waals surface area contributed by atoms with Crippen molar-refractivity contribution < 1.29 is 19.1 Å². The number of furan rings is 1. The fourth-order valence-electron chi connectivity index (χ4n) is 5.12. The molecule has 3 heterocycles. The van der Waals surface area contributed by atoms with Crippen LogP contribution in [0.2, 0.25) is 0 Å². The van der Waals surface area contributed by atoms with Crippen molar-refractivity contribution in [2.24, 2.45) is 0 Å². The van der Waals surface area contributed by atoms with Gasteiger partial charge in [-0.3, -0.25) is 4.98 Å². The highest BCUT2D eigenvalue weighted by Crippen LogP contribution is 2.43. The van der Waals surface area contributed by atoms with E-state index < -0.39 is 5.97 Å². The van der Waals surface area contributed by atoms with Crippen molar-refractivity contribution in [2.75, 3.05) is 4.90 Å². The van der Waals surface area contributed by atoms with E-state index >= 15 is 0 Å². The number of rotatable bonds is 7. The Balaban J connectivity index is 1.36. The Kier molecular flexibility index (Phi) is 6.99. The molecule has 1 saturated heterocycles. The second-order valence-electron chi connectivity index (χ2n) is 9.89. The van der Waals surface area contributed by atoms with Crippen molar-refractivity contribution in [3.05, 3.63) is 131 Å². The van der Waals surface area contributed by atoms with Gasteiger partial charge in [0.05, 0.1) is 17.3 Å². The van der Waals surface area contributed by atoms with E-state index in [9.17, 15) is 9.90 Å². The lowest BCUT2D eigenvalue weighted by atomic mass is 10.0. The molecule has 6 rings (SSSR count). The fraction of sp³-hybridized carbons (Fsp3) is 0.121. The van der Waals surface area contributed by atoms with E-state index in [2.05, 4.69) is 10.3 Å². The van der Waals surface area contributed by atoms with Crippen LogP contribution in [0.4, 0.5) is 5.69 Å². The summed E-state index contributed by atoms with van der Waals surface area (Å²) in [4.78, 5) is 18.1. The number of carboxylic acid groups (broad SMARTS) is 1. The average molecular weight is 562 g/mol. The Hall–Kier alpha value is -4.95. The van der Waals surface area contributed by atoms with Crippen molar-refractivity contribution in [1.82, 2.24) is 10.3 Å². The number of thiocarbonyl (C=S) groups is 1. The molecule has 1 fully saturated rings. The third-order valence-electron chi connectivity index (χ3n) is 7.19. The molecule has 0 unspecified atom stereocenters. The third-order valence-corrected chi connectivity index (χ3v) is 7.51. The number of para-hydroxylation sites is 1. The summed E-state index contributed by atoms with van der Waals surface area (Å²) >= 11 is 5.85. The number of aryl methyl sites for hydroxylation is 2. The molecule has 1 aliphatic rings. The zero-order chi connectivity index (χ0) is 28.5. The molecule has 1 aliphatic heterocycles. The first-order valence-electron chi connectivity index (χ1n) is 13.2. The summed E-state index contributed by atoms with van der Waals surface area (Å²) in [5.41, 5.74) is 4.65. The number of nitrogens with zero attached hydrogens (tertiary/aromatic N) is 2. The van der Waals surface area contributed by atoms with Crippen molar-refractivity contribution in [3.63, 3.8) is 0 Å². The molecule has 0 aliphatic carbocycles. The van der Waals surface area contributed by atoms with Gasteiger partial charge in [-0.25, -0.2) is 4.79 Å². The van der Waals surface area contributed by atoms with Crippen molar-refractivity contribution in [3.8, 4) is 22.8 Å². The fourth-order valence-corrected chi connectivity index (χ4v) is 5.47. The predicted octanol–water partition coefficient (Wildman–Crippen LogP) is 7.63. The minimum absolute atomic E-state index is 0.236. The van der Waals surface area contributed by atoms with Crippen LogP contribution >= 0.6 is 12.2 Å². The lowest BCUT2D eigenvalue weighted by molar-refractivity contribution is 0.0696. The summed E-state index contributed by atoms with van der Waals surface area (Å²) in [5, 5.41) is 13.4. The first-order valence-corrected chi connectivity index (χ1v) is 13.6. The van der Waals surface area contributed by atoms with Gasteiger partial charge in [0.2, 0.25) is 0 Å². The zero-order valence-corrected chi connectivity index (χ0v) is 23.3. The van der Waals surface area contributed by atoms with Crippen LogP contribution in [-0.2, 0) is 0 Å². The molecule has 7 nitrogen and oxygen atoms in total. The van der Waals surface area contributed by atoms with Crippen LogP contribution in [0.15, 0.2) is 108 Å². The number of ether oxygens (including phenoxy) is 1. The molecule has 8 heteroatoms. The summed E-state index contributed by atoms with van der Waals surface area (Å²) in [6, 6.07) is 29.8. The molecule has 0 amide bonds. The van der Waals surface area contributed by atoms with E-state index in [0.29, 0.717) is 16.6 Å². The van der Waals surface area contributed by atoms with Gasteiger partial charge < -0.3 is 24.5 Å². The highest BCUT2D eigenvalue weighted by Gasteiger charge is 2.42. The van der Waals surface area contributed by atoms with Gasteiger partial charge in [-0.05, 0) is 104 Å². The molecule has 3 aromatic carbocycles. The second kappa shape index (κ2) is 10.9. The number of hydrogen-bond acceptors (Lipinski definition) is 5. The number of carbonyl (C=O) groups is 1. The second-order valence-corrected chi connectivity index (χ2v) is 10.3. The van der Waals surface area contributed by atoms with Crippen LogP contribution in [0, 0.1) is 13.8 Å². The van der Waals surface area contributed by atoms with E-state index in [4.69, 9.17) is 21.4 Å². The van der Waals surface area contributed by atoms with E-state index in [1.807, 2.05) is 97.6 Å². The van der Waals surface area contributed by atoms with Crippen LogP contribution in [0.5, 0.6) is 11.5 Å². The molecule has 0 bridgehead atoms. The SMILES string of the molecule is Cc1ccccc1Oc1ccc(N2C(=S)N[C@@H](c3ccccn3)[C@@H]2c2ccc(-c3ccc(C(=O)O)cc3C)o2)cc1. The van der Waals surface area contributed by atoms with E-state index in [1.165, 1.54) is 0 Å². The van der Waals surface area contributed by atoms with Crippen LogP contribution in [0.1, 0.15) is 45.0 Å². The van der Waals surface area contributed by atoms with Crippen molar-refractivity contribution >= 4 is 29.0 Å². The summed E-state index contributed by atoms with van der Waals surface area (Å²) in [7, 11) is 0. The van der Waals surface area contributed by atoms with Gasteiger partial charge in [-0.2, -0.15) is 0 Å². The molecule has 0 radical (unpaired) electrons. The molecular formula is C33H27N3O4S. The smallest absolute Gasteiger partial charge is 0.335 e. The molecule has 0 saturated carbocycles. The number of carboxylic acids is 1. The molecule has 204 valence electrons. The molecule has 2 N–H and O–H groups in total.